The van der Waals surface area contributed by atoms with Crippen LogP contribution in [0.4, 0.5) is 21.0 Å². The molecule has 0 aliphatic carbocycles. The maximum absolute atomic E-state index is 13.4. The van der Waals surface area contributed by atoms with Crippen molar-refractivity contribution in [2.24, 2.45) is 0 Å². The van der Waals surface area contributed by atoms with E-state index in [2.05, 4.69) is 16.0 Å². The van der Waals surface area contributed by atoms with Gasteiger partial charge >= 0.3 is 18.0 Å². The lowest BCUT2D eigenvalue weighted by molar-refractivity contribution is -0.138. The molecule has 0 spiro atoms. The zero-order chi connectivity index (χ0) is 27.9. The molecule has 8 nitrogen and oxygen atoms in total. The first-order chi connectivity index (χ1) is 18.8. The highest BCUT2D eigenvalue weighted by Crippen LogP contribution is 2.37. The lowest BCUT2D eigenvalue weighted by atomic mass is 9.91. The predicted molar refractivity (Wildman–Crippen MR) is 153 cm³/mol. The van der Waals surface area contributed by atoms with Gasteiger partial charge in [0.15, 0.2) is 0 Å². The molecule has 1 unspecified atom stereocenters. The maximum Gasteiger partial charge on any atom is 0.338 e. The monoisotopic (exact) mass is 526 g/mol. The number of rotatable bonds is 8. The average Bonchev–Trinajstić information content (AvgIpc) is 2.92. The molecule has 202 valence electrons. The van der Waals surface area contributed by atoms with Gasteiger partial charge in [0, 0.05) is 17.9 Å². The van der Waals surface area contributed by atoms with E-state index in [-0.39, 0.29) is 12.6 Å². The quantitative estimate of drug-likeness (QED) is 0.296. The van der Waals surface area contributed by atoms with E-state index < -0.39 is 18.0 Å². The lowest BCUT2D eigenvalue weighted by Gasteiger charge is -2.37. The zero-order valence-electron chi connectivity index (χ0n) is 22.7. The van der Waals surface area contributed by atoms with Gasteiger partial charge in [-0.05, 0) is 67.6 Å². The van der Waals surface area contributed by atoms with E-state index in [1.807, 2.05) is 75.4 Å². The summed E-state index contributed by atoms with van der Waals surface area (Å²) in [6.45, 7) is 8.29. The Morgan fingerprint density at radius 3 is 2.41 bits per heavy atom. The van der Waals surface area contributed by atoms with Crippen LogP contribution >= 0.6 is 0 Å². The van der Waals surface area contributed by atoms with Gasteiger partial charge in [-0.2, -0.15) is 0 Å². The van der Waals surface area contributed by atoms with E-state index in [9.17, 15) is 14.4 Å². The molecule has 1 atom stereocenters. The van der Waals surface area contributed by atoms with Crippen LogP contribution in [0, 0.1) is 13.8 Å². The Bertz CT molecular complexity index is 1400. The van der Waals surface area contributed by atoms with Crippen molar-refractivity contribution in [1.29, 1.82) is 0 Å². The van der Waals surface area contributed by atoms with Gasteiger partial charge in [-0.25, -0.2) is 14.4 Å². The molecule has 0 radical (unpaired) electrons. The van der Waals surface area contributed by atoms with E-state index in [4.69, 9.17) is 4.74 Å². The summed E-state index contributed by atoms with van der Waals surface area (Å²) in [5, 5.41) is 8.74. The topological polar surface area (TPSA) is 99.8 Å². The highest BCUT2D eigenvalue weighted by Gasteiger charge is 2.38. The smallest absolute Gasteiger partial charge is 0.338 e. The van der Waals surface area contributed by atoms with Crippen molar-refractivity contribution >= 4 is 35.1 Å². The molecule has 0 aromatic heterocycles. The van der Waals surface area contributed by atoms with Crippen molar-refractivity contribution in [3.05, 3.63) is 101 Å². The third-order valence-corrected chi connectivity index (χ3v) is 6.65. The second-order valence-electron chi connectivity index (χ2n) is 9.33. The molecule has 3 aromatic carbocycles. The Labute approximate surface area is 229 Å². The number of urea groups is 2. The number of esters is 1. The number of carbonyl (C=O) groups excluding carboxylic acids is 3. The molecule has 1 heterocycles. The number of hydrogen-bond acceptors (Lipinski definition) is 4. The third-order valence-electron chi connectivity index (χ3n) is 6.65. The molecule has 0 saturated carbocycles. The number of hydrogen-bond donors (Lipinski definition) is 3. The Hall–Kier alpha value is -4.59. The summed E-state index contributed by atoms with van der Waals surface area (Å²) in [4.78, 5) is 41.2. The minimum absolute atomic E-state index is 0.193. The number of nitrogens with one attached hydrogen (secondary N) is 3. The molecule has 8 heteroatoms. The molecule has 3 aromatic rings. The first-order valence-electron chi connectivity index (χ1n) is 13.1. The maximum atomic E-state index is 13.4. The first-order valence-corrected chi connectivity index (χ1v) is 13.1. The van der Waals surface area contributed by atoms with Crippen LogP contribution in [0.5, 0.6) is 0 Å². The third kappa shape index (κ3) is 6.12. The number of aryl methyl sites for hydroxylation is 1. The lowest BCUT2D eigenvalue weighted by Crippen LogP contribution is -2.48. The highest BCUT2D eigenvalue weighted by molar-refractivity contribution is 6.05. The zero-order valence-corrected chi connectivity index (χ0v) is 22.7. The summed E-state index contributed by atoms with van der Waals surface area (Å²) in [5.74, 6) is -0.506. The molecule has 0 saturated heterocycles. The van der Waals surface area contributed by atoms with E-state index in [1.54, 1.807) is 30.0 Å². The van der Waals surface area contributed by atoms with Crippen LogP contribution in [0.25, 0.3) is 5.70 Å². The minimum Gasteiger partial charge on any atom is -0.463 e. The molecule has 1 aliphatic heterocycles. The molecule has 0 fully saturated rings. The van der Waals surface area contributed by atoms with Crippen LogP contribution in [-0.4, -0.2) is 36.1 Å². The van der Waals surface area contributed by atoms with E-state index in [0.717, 1.165) is 22.4 Å². The van der Waals surface area contributed by atoms with Crippen LogP contribution < -0.4 is 16.0 Å². The summed E-state index contributed by atoms with van der Waals surface area (Å²) in [5.41, 5.74) is 5.55. The van der Waals surface area contributed by atoms with Gasteiger partial charge in [-0.3, -0.25) is 4.90 Å². The van der Waals surface area contributed by atoms with Gasteiger partial charge in [-0.1, -0.05) is 61.5 Å². The molecule has 4 rings (SSSR count). The fraction of sp³-hybridized carbons (Fsp3) is 0.258. The summed E-state index contributed by atoms with van der Waals surface area (Å²) in [6, 6.07) is 20.7. The van der Waals surface area contributed by atoms with Gasteiger partial charge in [0.25, 0.3) is 0 Å². The van der Waals surface area contributed by atoms with Crippen molar-refractivity contribution in [2.45, 2.75) is 40.2 Å². The number of benzene rings is 3. The Balaban J connectivity index is 1.72. The fourth-order valence-electron chi connectivity index (χ4n) is 4.64. The molecule has 1 aliphatic rings. The van der Waals surface area contributed by atoms with E-state index in [0.29, 0.717) is 35.5 Å². The Kier molecular flexibility index (Phi) is 8.66. The number of anilines is 2. The van der Waals surface area contributed by atoms with Crippen LogP contribution in [0.2, 0.25) is 0 Å². The number of ether oxygens (including phenoxy) is 1. The number of amides is 4. The summed E-state index contributed by atoms with van der Waals surface area (Å²) >= 11 is 0. The van der Waals surface area contributed by atoms with Crippen molar-refractivity contribution < 1.29 is 19.1 Å². The first kappa shape index (κ1) is 27.4. The molecular weight excluding hydrogens is 492 g/mol. The van der Waals surface area contributed by atoms with Crippen molar-refractivity contribution in [3.63, 3.8) is 0 Å². The second-order valence-corrected chi connectivity index (χ2v) is 9.33. The van der Waals surface area contributed by atoms with Crippen molar-refractivity contribution in [1.82, 2.24) is 10.2 Å². The van der Waals surface area contributed by atoms with Crippen molar-refractivity contribution in [2.75, 3.05) is 23.8 Å². The van der Waals surface area contributed by atoms with E-state index >= 15 is 0 Å². The van der Waals surface area contributed by atoms with Gasteiger partial charge in [0.1, 0.15) is 0 Å². The van der Waals surface area contributed by atoms with Gasteiger partial charge in [-0.15, -0.1) is 0 Å². The summed E-state index contributed by atoms with van der Waals surface area (Å²) in [6.07, 6.45) is 0.708. The molecule has 4 amide bonds. The van der Waals surface area contributed by atoms with Gasteiger partial charge in [0.05, 0.1) is 23.9 Å². The summed E-state index contributed by atoms with van der Waals surface area (Å²) in [7, 11) is 0. The SMILES string of the molecule is CCCN1C(=O)NC(c2cccc(NC(=O)Nc3cccc(C)c3C)c2)C(C(=O)OCC)=C1c1ccccc1. The fourth-order valence-corrected chi connectivity index (χ4v) is 4.64. The van der Waals surface area contributed by atoms with Crippen LogP contribution in [-0.2, 0) is 9.53 Å². The minimum atomic E-state index is -0.774. The molecule has 3 N–H and O–H groups in total. The average molecular weight is 527 g/mol. The summed E-state index contributed by atoms with van der Waals surface area (Å²) < 4.78 is 5.47. The Morgan fingerprint density at radius 2 is 1.69 bits per heavy atom. The largest absolute Gasteiger partial charge is 0.463 e. The number of nitrogens with zero attached hydrogens (tertiary/aromatic N) is 1. The van der Waals surface area contributed by atoms with Gasteiger partial charge in [0.2, 0.25) is 0 Å². The van der Waals surface area contributed by atoms with Crippen LogP contribution in [0.1, 0.15) is 48.6 Å². The second kappa shape index (κ2) is 12.3. The molecular formula is C31H34N4O4. The standard InChI is InChI=1S/C31H34N4O4/c1-5-18-35-28(22-13-8-7-9-14-22)26(29(36)39-6-2)27(34-31(35)38)23-15-11-16-24(19-23)32-30(37)33-25-17-10-12-20(3)21(25)4/h7-17,19,27H,5-6,18H2,1-4H3,(H,34,38)(H2,32,33,37). The van der Waals surface area contributed by atoms with Crippen LogP contribution in [0.3, 0.4) is 0 Å². The van der Waals surface area contributed by atoms with E-state index in [1.165, 1.54) is 0 Å². The van der Waals surface area contributed by atoms with Crippen molar-refractivity contribution in [3.8, 4) is 0 Å². The van der Waals surface area contributed by atoms with Crippen LogP contribution in [0.15, 0.2) is 78.4 Å². The molecule has 0 bridgehead atoms. The number of carbonyl (C=O) groups is 3. The van der Waals surface area contributed by atoms with Gasteiger partial charge < -0.3 is 20.7 Å². The predicted octanol–water partition coefficient (Wildman–Crippen LogP) is 6.40. The molecule has 39 heavy (non-hydrogen) atoms. The normalized spacial score (nSPS) is 15.0. The Morgan fingerprint density at radius 1 is 0.949 bits per heavy atom. The highest BCUT2D eigenvalue weighted by atomic mass is 16.5.